The summed E-state index contributed by atoms with van der Waals surface area (Å²) in [6.45, 7) is 9.58. The van der Waals surface area contributed by atoms with E-state index >= 15 is 0 Å². The number of hydrogen-bond acceptors (Lipinski definition) is 6. The van der Waals surface area contributed by atoms with Crippen molar-refractivity contribution in [3.8, 4) is 23.0 Å². The Morgan fingerprint density at radius 2 is 2.00 bits per heavy atom. The number of ether oxygens (including phenoxy) is 3. The number of aromatic nitrogens is 2. The van der Waals surface area contributed by atoms with Crippen molar-refractivity contribution in [2.45, 2.75) is 65.9 Å². The van der Waals surface area contributed by atoms with Crippen LogP contribution in [0.15, 0.2) is 36.5 Å². The normalized spacial score (nSPS) is 16.7. The summed E-state index contributed by atoms with van der Waals surface area (Å²) < 4.78 is 16.1. The molecule has 2 atom stereocenters. The molecule has 30 heavy (non-hydrogen) atoms. The highest BCUT2D eigenvalue weighted by Crippen LogP contribution is 2.28. The van der Waals surface area contributed by atoms with Crippen molar-refractivity contribution in [3.63, 3.8) is 0 Å². The molecule has 1 aromatic heterocycles. The van der Waals surface area contributed by atoms with Gasteiger partial charge in [0.05, 0.1) is 18.9 Å². The number of nitrogens with zero attached hydrogens (tertiary/aromatic N) is 2. The number of carbonyl (C=O) groups is 1. The summed E-state index contributed by atoms with van der Waals surface area (Å²) in [4.78, 5) is 20.3. The lowest BCUT2D eigenvalue weighted by Crippen LogP contribution is -2.14. The van der Waals surface area contributed by atoms with Crippen molar-refractivity contribution in [2.75, 3.05) is 13.2 Å². The van der Waals surface area contributed by atoms with Crippen LogP contribution in [0.5, 0.6) is 11.8 Å². The Morgan fingerprint density at radius 1 is 1.23 bits per heavy atom. The maximum absolute atomic E-state index is 11.9. The van der Waals surface area contributed by atoms with Gasteiger partial charge in [-0.2, -0.15) is 9.97 Å². The zero-order valence-electron chi connectivity index (χ0n) is 18.6. The molecule has 1 aliphatic rings. The summed E-state index contributed by atoms with van der Waals surface area (Å²) in [5, 5.41) is 0. The van der Waals surface area contributed by atoms with Gasteiger partial charge in [0.2, 0.25) is 0 Å². The molecular weight excluding hydrogens is 380 g/mol. The molecule has 0 amide bonds. The fraction of sp³-hybridized carbons (Fsp3) is 0.542. The summed E-state index contributed by atoms with van der Waals surface area (Å²) >= 11 is 0. The summed E-state index contributed by atoms with van der Waals surface area (Å²) in [6, 6.07) is 9.67. The Balaban J connectivity index is 0.000000386. The molecule has 6 heteroatoms. The van der Waals surface area contributed by atoms with E-state index in [1.165, 1.54) is 19.3 Å². The standard InChI is InChI=1S/C18H22N2O3.C6H12O/c1-4-13(3)11-16(21)23-18-19-12-15(22-5-2)17(20-18)14-9-7-6-8-10-14;1-6-4-2-3-5-7-6/h6-10,12-13H,4-5,11H2,1-3H3;6H,2-5H2,1H3. The third kappa shape index (κ3) is 8.11. The maximum Gasteiger partial charge on any atom is 0.325 e. The van der Waals surface area contributed by atoms with Crippen LogP contribution in [0.3, 0.4) is 0 Å². The SMILES string of the molecule is CC1CCCCO1.CCOc1cnc(OC(=O)CC(C)CC)nc1-c1ccccc1. The van der Waals surface area contributed by atoms with Crippen molar-refractivity contribution >= 4 is 5.97 Å². The number of carbonyl (C=O) groups excluding carboxylic acids is 1. The fourth-order valence-corrected chi connectivity index (χ4v) is 2.94. The smallest absolute Gasteiger partial charge is 0.325 e. The summed E-state index contributed by atoms with van der Waals surface area (Å²) in [5.41, 5.74) is 1.51. The molecule has 0 aliphatic carbocycles. The van der Waals surface area contributed by atoms with Gasteiger partial charge in [-0.3, -0.25) is 4.79 Å². The molecule has 0 radical (unpaired) electrons. The molecule has 3 rings (SSSR count). The van der Waals surface area contributed by atoms with Crippen molar-refractivity contribution in [2.24, 2.45) is 5.92 Å². The van der Waals surface area contributed by atoms with E-state index in [0.29, 0.717) is 30.6 Å². The maximum atomic E-state index is 11.9. The Labute approximate surface area is 180 Å². The minimum absolute atomic E-state index is 0.0561. The summed E-state index contributed by atoms with van der Waals surface area (Å²) in [5.74, 6) is 0.529. The van der Waals surface area contributed by atoms with E-state index in [-0.39, 0.29) is 17.9 Å². The Hall–Kier alpha value is -2.47. The number of benzene rings is 1. The Bertz CT molecular complexity index is 761. The van der Waals surface area contributed by atoms with Gasteiger partial charge in [0.15, 0.2) is 5.75 Å². The third-order valence-electron chi connectivity index (χ3n) is 4.90. The molecule has 0 N–H and O–H groups in total. The quantitative estimate of drug-likeness (QED) is 0.560. The molecule has 2 unspecified atom stereocenters. The summed E-state index contributed by atoms with van der Waals surface area (Å²) in [6.07, 6.45) is 7.26. The van der Waals surface area contributed by atoms with E-state index < -0.39 is 0 Å². The van der Waals surface area contributed by atoms with Crippen molar-refractivity contribution in [1.29, 1.82) is 0 Å². The first-order valence-electron chi connectivity index (χ1n) is 10.9. The van der Waals surface area contributed by atoms with Gasteiger partial charge in [-0.25, -0.2) is 0 Å². The van der Waals surface area contributed by atoms with Crippen molar-refractivity contribution in [3.05, 3.63) is 36.5 Å². The van der Waals surface area contributed by atoms with Crippen LogP contribution in [-0.4, -0.2) is 35.3 Å². The van der Waals surface area contributed by atoms with E-state index in [4.69, 9.17) is 14.2 Å². The minimum atomic E-state index is -0.317. The molecule has 164 valence electrons. The predicted octanol–water partition coefficient (Wildman–Crippen LogP) is 5.46. The van der Waals surface area contributed by atoms with Gasteiger partial charge in [-0.05, 0) is 39.0 Å². The lowest BCUT2D eigenvalue weighted by molar-refractivity contribution is -0.135. The van der Waals surface area contributed by atoms with Gasteiger partial charge in [0, 0.05) is 18.6 Å². The lowest BCUT2D eigenvalue weighted by atomic mass is 10.1. The zero-order chi connectivity index (χ0) is 21.8. The van der Waals surface area contributed by atoms with E-state index in [1.54, 1.807) is 6.20 Å². The zero-order valence-corrected chi connectivity index (χ0v) is 18.6. The van der Waals surface area contributed by atoms with Gasteiger partial charge in [-0.1, -0.05) is 50.6 Å². The average molecular weight is 415 g/mol. The molecule has 2 heterocycles. The first-order valence-corrected chi connectivity index (χ1v) is 10.9. The van der Waals surface area contributed by atoms with Crippen LogP contribution in [0.1, 0.15) is 59.8 Å². The summed E-state index contributed by atoms with van der Waals surface area (Å²) in [7, 11) is 0. The van der Waals surface area contributed by atoms with Crippen LogP contribution in [0.25, 0.3) is 11.3 Å². The molecule has 6 nitrogen and oxygen atoms in total. The topological polar surface area (TPSA) is 70.5 Å². The Kier molecular flexibility index (Phi) is 10.3. The van der Waals surface area contributed by atoms with Crippen LogP contribution < -0.4 is 9.47 Å². The van der Waals surface area contributed by atoms with Crippen LogP contribution in [-0.2, 0) is 9.53 Å². The highest BCUT2D eigenvalue weighted by atomic mass is 16.5. The second-order valence-corrected chi connectivity index (χ2v) is 7.53. The molecule has 1 aromatic carbocycles. The van der Waals surface area contributed by atoms with Gasteiger partial charge < -0.3 is 14.2 Å². The largest absolute Gasteiger partial charge is 0.490 e. The molecule has 1 aliphatic heterocycles. The first-order chi connectivity index (χ1) is 14.5. The van der Waals surface area contributed by atoms with E-state index in [2.05, 4.69) is 16.9 Å². The van der Waals surface area contributed by atoms with Gasteiger partial charge >= 0.3 is 12.0 Å². The van der Waals surface area contributed by atoms with Crippen LogP contribution in [0, 0.1) is 5.92 Å². The van der Waals surface area contributed by atoms with Crippen LogP contribution >= 0.6 is 0 Å². The molecule has 1 fully saturated rings. The molecule has 1 saturated heterocycles. The predicted molar refractivity (Wildman–Crippen MR) is 118 cm³/mol. The molecule has 0 spiro atoms. The van der Waals surface area contributed by atoms with Gasteiger partial charge in [-0.15, -0.1) is 0 Å². The van der Waals surface area contributed by atoms with Crippen LogP contribution in [0.4, 0.5) is 0 Å². The number of rotatable bonds is 7. The Morgan fingerprint density at radius 3 is 2.57 bits per heavy atom. The molecule has 0 saturated carbocycles. The molecular formula is C24H34N2O4. The van der Waals surface area contributed by atoms with E-state index in [0.717, 1.165) is 18.6 Å². The fourth-order valence-electron chi connectivity index (χ4n) is 2.94. The van der Waals surface area contributed by atoms with Crippen molar-refractivity contribution < 1.29 is 19.0 Å². The highest BCUT2D eigenvalue weighted by Gasteiger charge is 2.15. The monoisotopic (exact) mass is 414 g/mol. The highest BCUT2D eigenvalue weighted by molar-refractivity contribution is 5.72. The van der Waals surface area contributed by atoms with Crippen LogP contribution in [0.2, 0.25) is 0 Å². The second-order valence-electron chi connectivity index (χ2n) is 7.53. The van der Waals surface area contributed by atoms with Gasteiger partial charge in [0.25, 0.3) is 0 Å². The average Bonchev–Trinajstić information content (AvgIpc) is 2.76. The second kappa shape index (κ2) is 13.0. The first kappa shape index (κ1) is 23.8. The third-order valence-corrected chi connectivity index (χ3v) is 4.90. The van der Waals surface area contributed by atoms with E-state index in [1.807, 2.05) is 51.1 Å². The molecule has 0 bridgehead atoms. The number of esters is 1. The number of hydrogen-bond donors (Lipinski definition) is 0. The van der Waals surface area contributed by atoms with Gasteiger partial charge in [0.1, 0.15) is 5.69 Å². The molecule has 2 aromatic rings. The minimum Gasteiger partial charge on any atom is -0.490 e. The van der Waals surface area contributed by atoms with E-state index in [9.17, 15) is 4.79 Å². The lowest BCUT2D eigenvalue weighted by Gasteiger charge is -2.17. The van der Waals surface area contributed by atoms with Crippen molar-refractivity contribution in [1.82, 2.24) is 9.97 Å².